The molecule has 2 atom stereocenters. The highest BCUT2D eigenvalue weighted by Crippen LogP contribution is 2.18. The van der Waals surface area contributed by atoms with E-state index in [2.05, 4.69) is 18.1 Å². The van der Waals surface area contributed by atoms with E-state index >= 15 is 0 Å². The number of piperidine rings is 1. The molecular weight excluding hydrogens is 274 g/mol. The van der Waals surface area contributed by atoms with Gasteiger partial charge in [0.05, 0.1) is 6.54 Å². The summed E-state index contributed by atoms with van der Waals surface area (Å²) in [5, 5.41) is 0. The van der Waals surface area contributed by atoms with Gasteiger partial charge in [0.15, 0.2) is 0 Å². The zero-order chi connectivity index (χ0) is 14.3. The second kappa shape index (κ2) is 9.97. The maximum Gasteiger partial charge on any atom is 0.237 e. The molecule has 0 aromatic rings. The van der Waals surface area contributed by atoms with E-state index in [1.807, 2.05) is 6.92 Å². The molecule has 0 aromatic carbocycles. The molecule has 20 heavy (non-hydrogen) atoms. The van der Waals surface area contributed by atoms with Gasteiger partial charge in [-0.15, -0.1) is 25.6 Å². The molecule has 1 heterocycles. The van der Waals surface area contributed by atoms with Gasteiger partial charge in [0.25, 0.3) is 0 Å². The molecule has 1 fully saturated rings. The summed E-state index contributed by atoms with van der Waals surface area (Å²) in [7, 11) is 0. The van der Waals surface area contributed by atoms with Crippen LogP contribution in [0.2, 0.25) is 0 Å². The number of likely N-dealkylation sites (tertiary alicyclic amines) is 1. The van der Waals surface area contributed by atoms with E-state index in [0.29, 0.717) is 25.7 Å². The lowest BCUT2D eigenvalue weighted by atomic mass is 9.97. The third-order valence-corrected chi connectivity index (χ3v) is 3.66. The normalized spacial score (nSPS) is 20.6. The molecule has 1 aliphatic heterocycles. The van der Waals surface area contributed by atoms with Gasteiger partial charge in [-0.1, -0.05) is 18.6 Å². The molecule has 2 unspecified atom stereocenters. The predicted octanol–water partition coefficient (Wildman–Crippen LogP) is 1.81. The number of rotatable bonds is 7. The minimum Gasteiger partial charge on any atom is -0.334 e. The van der Waals surface area contributed by atoms with E-state index < -0.39 is 0 Å². The van der Waals surface area contributed by atoms with Gasteiger partial charge in [0.2, 0.25) is 5.91 Å². The van der Waals surface area contributed by atoms with Crippen molar-refractivity contribution in [3.05, 3.63) is 25.3 Å². The van der Waals surface area contributed by atoms with Crippen LogP contribution in [-0.2, 0) is 4.79 Å². The van der Waals surface area contributed by atoms with E-state index in [1.165, 1.54) is 6.42 Å². The average Bonchev–Trinajstić information content (AvgIpc) is 2.38. The number of nitrogens with two attached hydrogens (primary N) is 1. The minimum absolute atomic E-state index is 0. The highest BCUT2D eigenvalue weighted by Gasteiger charge is 2.27. The lowest BCUT2D eigenvalue weighted by Crippen LogP contribution is -2.52. The molecule has 4 nitrogen and oxygen atoms in total. The summed E-state index contributed by atoms with van der Waals surface area (Å²) >= 11 is 0. The first-order chi connectivity index (χ1) is 9.10. The third-order valence-electron chi connectivity index (χ3n) is 3.66. The summed E-state index contributed by atoms with van der Waals surface area (Å²) in [5.41, 5.74) is 6.03. The Morgan fingerprint density at radius 3 is 2.50 bits per heavy atom. The second-order valence-electron chi connectivity index (χ2n) is 5.27. The average molecular weight is 302 g/mol. The van der Waals surface area contributed by atoms with Crippen LogP contribution >= 0.6 is 12.4 Å². The Morgan fingerprint density at radius 1 is 1.40 bits per heavy atom. The first kappa shape index (κ1) is 19.2. The van der Waals surface area contributed by atoms with Crippen LogP contribution in [0.5, 0.6) is 0 Å². The van der Waals surface area contributed by atoms with Crippen molar-refractivity contribution in [3.8, 4) is 0 Å². The topological polar surface area (TPSA) is 49.6 Å². The Kier molecular flexibility index (Phi) is 9.55. The maximum atomic E-state index is 12.3. The fraction of sp³-hybridized carbons (Fsp3) is 0.667. The molecule has 5 heteroatoms. The Balaban J connectivity index is 0.00000361. The molecule has 1 aliphatic rings. The molecule has 0 spiro atoms. The molecular formula is C15H28ClN3O. The zero-order valence-corrected chi connectivity index (χ0v) is 13.3. The predicted molar refractivity (Wildman–Crippen MR) is 87.1 cm³/mol. The van der Waals surface area contributed by atoms with Crippen molar-refractivity contribution in [2.24, 2.45) is 5.73 Å². The first-order valence-corrected chi connectivity index (χ1v) is 7.09. The van der Waals surface area contributed by atoms with Gasteiger partial charge in [-0.2, -0.15) is 0 Å². The molecule has 0 aromatic heterocycles. The van der Waals surface area contributed by atoms with Crippen LogP contribution < -0.4 is 5.73 Å². The smallest absolute Gasteiger partial charge is 0.237 e. The molecule has 0 radical (unpaired) electrons. The number of hydrogen-bond donors (Lipinski definition) is 1. The molecule has 0 aliphatic carbocycles. The van der Waals surface area contributed by atoms with Crippen LogP contribution in [0.25, 0.3) is 0 Å². The monoisotopic (exact) mass is 301 g/mol. The summed E-state index contributed by atoms with van der Waals surface area (Å²) < 4.78 is 0. The van der Waals surface area contributed by atoms with Crippen molar-refractivity contribution in [1.29, 1.82) is 0 Å². The standard InChI is InChI=1S/C15H27N3O.ClH/c1-4-9-17(10-5-2)15(19)12-18-11-7-6-8-14(18)13(3)16;/h4-5,13-14H,1-2,6-12,16H2,3H3;1H. The zero-order valence-electron chi connectivity index (χ0n) is 12.5. The van der Waals surface area contributed by atoms with Gasteiger partial charge >= 0.3 is 0 Å². The van der Waals surface area contributed by atoms with Crippen molar-refractivity contribution in [2.75, 3.05) is 26.2 Å². The van der Waals surface area contributed by atoms with Crippen molar-refractivity contribution in [1.82, 2.24) is 9.80 Å². The van der Waals surface area contributed by atoms with E-state index in [0.717, 1.165) is 19.4 Å². The van der Waals surface area contributed by atoms with Crippen molar-refractivity contribution in [2.45, 2.75) is 38.3 Å². The van der Waals surface area contributed by atoms with E-state index in [9.17, 15) is 4.79 Å². The SMILES string of the molecule is C=CCN(CC=C)C(=O)CN1CCCCC1C(C)N.Cl. The molecule has 116 valence electrons. The summed E-state index contributed by atoms with van der Waals surface area (Å²) in [6.45, 7) is 12.0. The van der Waals surface area contributed by atoms with Crippen LogP contribution in [0.3, 0.4) is 0 Å². The maximum absolute atomic E-state index is 12.3. The summed E-state index contributed by atoms with van der Waals surface area (Å²) in [6.07, 6.45) is 6.95. The van der Waals surface area contributed by atoms with Gasteiger partial charge in [-0.3, -0.25) is 9.69 Å². The summed E-state index contributed by atoms with van der Waals surface area (Å²) in [5.74, 6) is 0.132. The molecule has 0 saturated carbocycles. The highest BCUT2D eigenvalue weighted by molar-refractivity contribution is 5.85. The molecule has 1 amide bonds. The van der Waals surface area contributed by atoms with E-state index in [4.69, 9.17) is 5.73 Å². The fourth-order valence-electron chi connectivity index (χ4n) is 2.67. The van der Waals surface area contributed by atoms with E-state index in [1.54, 1.807) is 17.1 Å². The van der Waals surface area contributed by atoms with Gasteiger partial charge in [-0.25, -0.2) is 0 Å². The molecule has 0 bridgehead atoms. The van der Waals surface area contributed by atoms with E-state index in [-0.39, 0.29) is 24.4 Å². The highest BCUT2D eigenvalue weighted by atomic mass is 35.5. The lowest BCUT2D eigenvalue weighted by molar-refractivity contribution is -0.132. The van der Waals surface area contributed by atoms with Crippen LogP contribution in [0, 0.1) is 0 Å². The number of hydrogen-bond acceptors (Lipinski definition) is 3. The van der Waals surface area contributed by atoms with Gasteiger partial charge in [-0.05, 0) is 26.3 Å². The number of carbonyl (C=O) groups is 1. The van der Waals surface area contributed by atoms with Gasteiger partial charge < -0.3 is 10.6 Å². The Labute approximate surface area is 129 Å². The Morgan fingerprint density at radius 2 is 2.00 bits per heavy atom. The number of nitrogens with zero attached hydrogens (tertiary/aromatic N) is 2. The lowest BCUT2D eigenvalue weighted by Gasteiger charge is -2.38. The Hall–Kier alpha value is -0.840. The summed E-state index contributed by atoms with van der Waals surface area (Å²) in [4.78, 5) is 16.3. The number of amides is 1. The number of carbonyl (C=O) groups excluding carboxylic acids is 1. The van der Waals surface area contributed by atoms with Crippen LogP contribution in [0.1, 0.15) is 26.2 Å². The van der Waals surface area contributed by atoms with Crippen LogP contribution in [0.4, 0.5) is 0 Å². The first-order valence-electron chi connectivity index (χ1n) is 7.09. The number of halogens is 1. The molecule has 2 N–H and O–H groups in total. The summed E-state index contributed by atoms with van der Waals surface area (Å²) in [6, 6.07) is 0.437. The third kappa shape index (κ3) is 5.65. The second-order valence-corrected chi connectivity index (χ2v) is 5.27. The largest absolute Gasteiger partial charge is 0.334 e. The van der Waals surface area contributed by atoms with Crippen LogP contribution in [-0.4, -0.2) is 54.0 Å². The van der Waals surface area contributed by atoms with Crippen molar-refractivity contribution >= 4 is 18.3 Å². The fourth-order valence-corrected chi connectivity index (χ4v) is 2.67. The quantitative estimate of drug-likeness (QED) is 0.730. The Bertz CT molecular complexity index is 310. The van der Waals surface area contributed by atoms with Crippen LogP contribution in [0.15, 0.2) is 25.3 Å². The molecule has 1 saturated heterocycles. The van der Waals surface area contributed by atoms with Crippen molar-refractivity contribution < 1.29 is 4.79 Å². The molecule has 1 rings (SSSR count). The minimum atomic E-state index is 0. The van der Waals surface area contributed by atoms with Crippen molar-refractivity contribution in [3.63, 3.8) is 0 Å². The van der Waals surface area contributed by atoms with Gasteiger partial charge in [0.1, 0.15) is 0 Å². The van der Waals surface area contributed by atoms with Gasteiger partial charge in [0, 0.05) is 25.2 Å².